The maximum Gasteiger partial charge on any atom is 0.135 e. The molecular formula is C17H22N2OS. The van der Waals surface area contributed by atoms with Crippen molar-refractivity contribution in [2.75, 3.05) is 6.26 Å². The number of hydrogen-bond acceptors (Lipinski definition) is 4. The summed E-state index contributed by atoms with van der Waals surface area (Å²) in [6.45, 7) is 0.812. The van der Waals surface area contributed by atoms with Gasteiger partial charge in [0.05, 0.1) is 6.54 Å². The van der Waals surface area contributed by atoms with Gasteiger partial charge in [-0.15, -0.1) is 0 Å². The minimum atomic E-state index is 0.628. The highest BCUT2D eigenvalue weighted by atomic mass is 32.2. The van der Waals surface area contributed by atoms with Crippen LogP contribution in [0.3, 0.4) is 0 Å². The summed E-state index contributed by atoms with van der Waals surface area (Å²) in [6, 6.07) is 8.67. The molecule has 112 valence electrons. The predicted molar refractivity (Wildman–Crippen MR) is 88.3 cm³/mol. The van der Waals surface area contributed by atoms with Gasteiger partial charge in [0.25, 0.3) is 0 Å². The fraction of sp³-hybridized carbons (Fsp3) is 0.471. The second-order valence-corrected chi connectivity index (χ2v) is 6.75. The summed E-state index contributed by atoms with van der Waals surface area (Å²) in [5.74, 6) is 1.89. The van der Waals surface area contributed by atoms with Crippen molar-refractivity contribution in [3.8, 4) is 11.3 Å². The lowest BCUT2D eigenvalue weighted by Crippen LogP contribution is -2.34. The van der Waals surface area contributed by atoms with Gasteiger partial charge in [-0.25, -0.2) is 0 Å². The monoisotopic (exact) mass is 302 g/mol. The lowest BCUT2D eigenvalue weighted by molar-refractivity contribution is 0.364. The SMILES string of the molecule is CS[C@@H]1CCC[C@H](NCc2ccc(-c3cccnc3)o2)C1. The molecule has 0 radical (unpaired) electrons. The molecule has 2 heterocycles. The van der Waals surface area contributed by atoms with Crippen LogP contribution in [0.4, 0.5) is 0 Å². The van der Waals surface area contributed by atoms with E-state index in [1.165, 1.54) is 25.7 Å². The number of aromatic nitrogens is 1. The van der Waals surface area contributed by atoms with E-state index in [1.54, 1.807) is 6.20 Å². The first-order chi connectivity index (χ1) is 10.3. The van der Waals surface area contributed by atoms with E-state index in [2.05, 4.69) is 22.6 Å². The van der Waals surface area contributed by atoms with Crippen LogP contribution < -0.4 is 5.32 Å². The molecule has 1 aliphatic carbocycles. The Balaban J connectivity index is 1.55. The van der Waals surface area contributed by atoms with Crippen LogP contribution in [0.15, 0.2) is 41.1 Å². The Labute approximate surface area is 130 Å². The number of hydrogen-bond donors (Lipinski definition) is 1. The summed E-state index contributed by atoms with van der Waals surface area (Å²) in [5, 5.41) is 4.46. The van der Waals surface area contributed by atoms with Gasteiger partial charge in [0.15, 0.2) is 0 Å². The zero-order valence-corrected chi connectivity index (χ0v) is 13.2. The van der Waals surface area contributed by atoms with Gasteiger partial charge in [0, 0.05) is 29.2 Å². The highest BCUT2D eigenvalue weighted by Crippen LogP contribution is 2.27. The number of thioether (sulfide) groups is 1. The quantitative estimate of drug-likeness (QED) is 0.902. The molecule has 1 aliphatic rings. The van der Waals surface area contributed by atoms with Gasteiger partial charge >= 0.3 is 0 Å². The van der Waals surface area contributed by atoms with E-state index in [0.717, 1.165) is 28.9 Å². The van der Waals surface area contributed by atoms with Crippen LogP contribution in [-0.2, 0) is 6.54 Å². The van der Waals surface area contributed by atoms with Crippen LogP contribution in [0.2, 0.25) is 0 Å². The van der Waals surface area contributed by atoms with Crippen molar-refractivity contribution >= 4 is 11.8 Å². The van der Waals surface area contributed by atoms with Crippen molar-refractivity contribution in [3.63, 3.8) is 0 Å². The average Bonchev–Trinajstić information content (AvgIpc) is 3.03. The second-order valence-electron chi connectivity index (χ2n) is 5.61. The molecule has 0 bridgehead atoms. The number of nitrogens with one attached hydrogen (secondary N) is 1. The Hall–Kier alpha value is -1.26. The summed E-state index contributed by atoms with van der Waals surface area (Å²) >= 11 is 2.00. The molecule has 0 aromatic carbocycles. The third-order valence-electron chi connectivity index (χ3n) is 4.13. The van der Waals surface area contributed by atoms with Crippen molar-refractivity contribution in [2.45, 2.75) is 43.5 Å². The third-order valence-corrected chi connectivity index (χ3v) is 5.23. The molecule has 0 spiro atoms. The van der Waals surface area contributed by atoms with Gasteiger partial charge in [-0.1, -0.05) is 6.42 Å². The average molecular weight is 302 g/mol. The second kappa shape index (κ2) is 7.14. The Morgan fingerprint density at radius 2 is 2.29 bits per heavy atom. The van der Waals surface area contributed by atoms with Gasteiger partial charge in [-0.3, -0.25) is 4.98 Å². The Kier molecular flexibility index (Phi) is 4.99. The summed E-state index contributed by atoms with van der Waals surface area (Å²) in [5.41, 5.74) is 1.03. The van der Waals surface area contributed by atoms with E-state index in [9.17, 15) is 0 Å². The first kappa shape index (κ1) is 14.7. The van der Waals surface area contributed by atoms with Crippen molar-refractivity contribution < 1.29 is 4.42 Å². The molecule has 1 fully saturated rings. The molecule has 1 N–H and O–H groups in total. The standard InChI is InChI=1S/C17H22N2OS/c1-21-16-6-2-5-14(10-16)19-12-15-7-8-17(20-15)13-4-3-9-18-11-13/h3-4,7-9,11,14,16,19H,2,5-6,10,12H2,1H3/t14-,16+/m0/s1. The number of pyridine rings is 1. The number of furan rings is 1. The molecule has 21 heavy (non-hydrogen) atoms. The summed E-state index contributed by atoms with van der Waals surface area (Å²) in [7, 11) is 0. The predicted octanol–water partition coefficient (Wildman–Crippen LogP) is 4.11. The first-order valence-electron chi connectivity index (χ1n) is 7.60. The molecule has 3 nitrogen and oxygen atoms in total. The largest absolute Gasteiger partial charge is 0.460 e. The van der Waals surface area contributed by atoms with Crippen LogP contribution in [0.25, 0.3) is 11.3 Å². The van der Waals surface area contributed by atoms with Crippen LogP contribution in [-0.4, -0.2) is 22.5 Å². The number of rotatable bonds is 5. The normalized spacial score (nSPS) is 22.3. The van der Waals surface area contributed by atoms with Gasteiger partial charge in [-0.05, 0) is 49.8 Å². The third kappa shape index (κ3) is 3.89. The fourth-order valence-electron chi connectivity index (χ4n) is 2.93. The van der Waals surface area contributed by atoms with Crippen LogP contribution in [0, 0.1) is 0 Å². The molecule has 0 unspecified atom stereocenters. The summed E-state index contributed by atoms with van der Waals surface area (Å²) in [4.78, 5) is 4.13. The molecule has 4 heteroatoms. The van der Waals surface area contributed by atoms with E-state index < -0.39 is 0 Å². The molecule has 1 saturated carbocycles. The number of nitrogens with zero attached hydrogens (tertiary/aromatic N) is 1. The highest BCUT2D eigenvalue weighted by Gasteiger charge is 2.20. The lowest BCUT2D eigenvalue weighted by Gasteiger charge is -2.28. The minimum absolute atomic E-state index is 0.628. The van der Waals surface area contributed by atoms with Crippen molar-refractivity contribution in [3.05, 3.63) is 42.4 Å². The van der Waals surface area contributed by atoms with Crippen molar-refractivity contribution in [2.24, 2.45) is 0 Å². The highest BCUT2D eigenvalue weighted by molar-refractivity contribution is 7.99. The fourth-order valence-corrected chi connectivity index (χ4v) is 3.75. The van der Waals surface area contributed by atoms with E-state index in [0.29, 0.717) is 6.04 Å². The maximum absolute atomic E-state index is 5.91. The van der Waals surface area contributed by atoms with E-state index in [4.69, 9.17) is 4.42 Å². The zero-order chi connectivity index (χ0) is 14.5. The van der Waals surface area contributed by atoms with Gasteiger partial charge in [-0.2, -0.15) is 11.8 Å². The molecule has 3 rings (SSSR count). The smallest absolute Gasteiger partial charge is 0.135 e. The summed E-state index contributed by atoms with van der Waals surface area (Å²) < 4.78 is 5.91. The van der Waals surface area contributed by atoms with Gasteiger partial charge < -0.3 is 9.73 Å². The Bertz CT molecular complexity index is 555. The van der Waals surface area contributed by atoms with Gasteiger partial charge in [0.1, 0.15) is 11.5 Å². The molecule has 0 aliphatic heterocycles. The van der Waals surface area contributed by atoms with Crippen LogP contribution in [0.5, 0.6) is 0 Å². The van der Waals surface area contributed by atoms with Crippen molar-refractivity contribution in [1.82, 2.24) is 10.3 Å². The lowest BCUT2D eigenvalue weighted by atomic mass is 9.95. The minimum Gasteiger partial charge on any atom is -0.460 e. The van der Waals surface area contributed by atoms with Crippen LogP contribution in [0.1, 0.15) is 31.4 Å². The molecule has 0 amide bonds. The van der Waals surface area contributed by atoms with E-state index >= 15 is 0 Å². The van der Waals surface area contributed by atoms with Gasteiger partial charge in [0.2, 0.25) is 0 Å². The Morgan fingerprint density at radius 1 is 1.33 bits per heavy atom. The van der Waals surface area contributed by atoms with Crippen LogP contribution >= 0.6 is 11.8 Å². The molecular weight excluding hydrogens is 280 g/mol. The molecule has 2 atom stereocenters. The Morgan fingerprint density at radius 3 is 3.10 bits per heavy atom. The topological polar surface area (TPSA) is 38.1 Å². The molecule has 2 aromatic rings. The summed E-state index contributed by atoms with van der Waals surface area (Å²) in [6.07, 6.45) is 11.1. The molecule has 2 aromatic heterocycles. The molecule has 0 saturated heterocycles. The van der Waals surface area contributed by atoms with E-state index in [1.807, 2.05) is 36.2 Å². The first-order valence-corrected chi connectivity index (χ1v) is 8.89. The zero-order valence-electron chi connectivity index (χ0n) is 12.4. The maximum atomic E-state index is 5.91. The van der Waals surface area contributed by atoms with E-state index in [-0.39, 0.29) is 0 Å². The van der Waals surface area contributed by atoms with Crippen molar-refractivity contribution in [1.29, 1.82) is 0 Å².